The number of amides is 2. The molecule has 0 atom stereocenters. The number of aromatic amines is 1. The number of aromatic nitrogens is 2. The lowest BCUT2D eigenvalue weighted by Crippen LogP contribution is -2.59. The Balaban J connectivity index is 1.80. The lowest BCUT2D eigenvalue weighted by molar-refractivity contribution is -0.126. The molecule has 0 aromatic carbocycles. The summed E-state index contributed by atoms with van der Waals surface area (Å²) in [4.78, 5) is 38.3. The van der Waals surface area contributed by atoms with Crippen LogP contribution in [-0.2, 0) is 4.79 Å². The van der Waals surface area contributed by atoms with Gasteiger partial charge in [-0.25, -0.2) is 9.98 Å². The standard InChI is InChI=1S/C21H27N7O2S/c1-4-5-15(17(23-2)28-10-7-21(24-3,8-11-28)20(22)30)26-18(29)16-13-31-19(27-16)14-6-9-25-12-14/h4-6,9,12-13,24-25H,2,7-8,10-11H2,1,3H3,(H2,22,30)(H,26,29)/b5-4-,17-15-. The molecule has 3 rings (SSSR count). The number of thiazole rings is 1. The molecule has 5 N–H and O–H groups in total. The summed E-state index contributed by atoms with van der Waals surface area (Å²) in [5.41, 5.74) is 6.64. The summed E-state index contributed by atoms with van der Waals surface area (Å²) in [6, 6.07) is 1.90. The minimum Gasteiger partial charge on any atom is -0.368 e. The first-order valence-electron chi connectivity index (χ1n) is 9.91. The Labute approximate surface area is 185 Å². The van der Waals surface area contributed by atoms with Gasteiger partial charge in [0.1, 0.15) is 16.2 Å². The van der Waals surface area contributed by atoms with Crippen LogP contribution in [-0.4, -0.2) is 59.1 Å². The first kappa shape index (κ1) is 22.4. The van der Waals surface area contributed by atoms with Gasteiger partial charge < -0.3 is 26.3 Å². The SMILES string of the molecule is C=N/C(=C(\C=C/C)NC(=O)c1csc(-c2cc[nH]c2)n1)N1CCC(NC)(C(N)=O)CC1. The van der Waals surface area contributed by atoms with Crippen LogP contribution in [0.3, 0.4) is 0 Å². The van der Waals surface area contributed by atoms with Gasteiger partial charge in [0.15, 0.2) is 5.82 Å². The number of hydrogen-bond donors (Lipinski definition) is 4. The van der Waals surface area contributed by atoms with Crippen molar-refractivity contribution < 1.29 is 9.59 Å². The Morgan fingerprint density at radius 3 is 2.71 bits per heavy atom. The second kappa shape index (κ2) is 9.71. The maximum Gasteiger partial charge on any atom is 0.275 e. The van der Waals surface area contributed by atoms with Gasteiger partial charge in [-0.3, -0.25) is 9.59 Å². The highest BCUT2D eigenvalue weighted by molar-refractivity contribution is 7.13. The zero-order valence-electron chi connectivity index (χ0n) is 17.6. The van der Waals surface area contributed by atoms with Gasteiger partial charge in [-0.2, -0.15) is 0 Å². The highest BCUT2D eigenvalue weighted by atomic mass is 32.1. The summed E-state index contributed by atoms with van der Waals surface area (Å²) in [5, 5.41) is 8.45. The highest BCUT2D eigenvalue weighted by Crippen LogP contribution is 2.26. The Morgan fingerprint density at radius 2 is 2.16 bits per heavy atom. The molecule has 0 aliphatic carbocycles. The van der Waals surface area contributed by atoms with E-state index in [4.69, 9.17) is 5.73 Å². The second-order valence-corrected chi connectivity index (χ2v) is 8.03. The summed E-state index contributed by atoms with van der Waals surface area (Å²) < 4.78 is 0. The van der Waals surface area contributed by atoms with Crippen molar-refractivity contribution in [1.82, 2.24) is 25.5 Å². The number of primary amides is 1. The van der Waals surface area contributed by atoms with E-state index in [-0.39, 0.29) is 11.8 Å². The van der Waals surface area contributed by atoms with Crippen molar-refractivity contribution in [3.8, 4) is 10.6 Å². The number of rotatable bonds is 8. The van der Waals surface area contributed by atoms with Crippen molar-refractivity contribution in [2.75, 3.05) is 20.1 Å². The predicted octanol–water partition coefficient (Wildman–Crippen LogP) is 1.85. The number of nitrogens with zero attached hydrogens (tertiary/aromatic N) is 3. The van der Waals surface area contributed by atoms with Crippen molar-refractivity contribution in [2.24, 2.45) is 10.7 Å². The summed E-state index contributed by atoms with van der Waals surface area (Å²) in [5.74, 6) is -0.150. The smallest absolute Gasteiger partial charge is 0.275 e. The zero-order chi connectivity index (χ0) is 22.4. The molecule has 31 heavy (non-hydrogen) atoms. The van der Waals surface area contributed by atoms with Crippen molar-refractivity contribution in [3.05, 3.63) is 53.2 Å². The fourth-order valence-corrected chi connectivity index (χ4v) is 4.37. The summed E-state index contributed by atoms with van der Waals surface area (Å²) in [6.07, 6.45) is 8.29. The predicted molar refractivity (Wildman–Crippen MR) is 123 cm³/mol. The third-order valence-corrected chi connectivity index (χ3v) is 6.31. The van der Waals surface area contributed by atoms with Crippen LogP contribution in [0.15, 0.2) is 52.5 Å². The molecule has 0 unspecified atom stereocenters. The van der Waals surface area contributed by atoms with Crippen LogP contribution in [0.2, 0.25) is 0 Å². The quantitative estimate of drug-likeness (QED) is 0.367. The van der Waals surface area contributed by atoms with Crippen molar-refractivity contribution in [1.29, 1.82) is 0 Å². The number of hydrogen-bond acceptors (Lipinski definition) is 7. The third kappa shape index (κ3) is 4.75. The Hall–Kier alpha value is -3.24. The lowest BCUT2D eigenvalue weighted by atomic mass is 9.87. The van der Waals surface area contributed by atoms with Gasteiger partial charge in [-0.15, -0.1) is 11.3 Å². The molecular formula is C21H27N7O2S. The molecule has 1 saturated heterocycles. The molecule has 0 saturated carbocycles. The van der Waals surface area contributed by atoms with Crippen LogP contribution in [0.25, 0.3) is 10.6 Å². The van der Waals surface area contributed by atoms with E-state index in [9.17, 15) is 9.59 Å². The number of H-pyrrole nitrogens is 1. The molecule has 1 fully saturated rings. The minimum absolute atomic E-state index is 0.327. The van der Waals surface area contributed by atoms with Crippen LogP contribution < -0.4 is 16.4 Å². The van der Waals surface area contributed by atoms with Crippen molar-refractivity contribution >= 4 is 29.9 Å². The molecule has 2 aromatic heterocycles. The van der Waals surface area contributed by atoms with Crippen LogP contribution in [0.4, 0.5) is 0 Å². The van der Waals surface area contributed by atoms with Crippen LogP contribution in [0.5, 0.6) is 0 Å². The molecule has 1 aliphatic rings. The molecule has 0 bridgehead atoms. The molecular weight excluding hydrogens is 414 g/mol. The van der Waals surface area contributed by atoms with Gasteiger partial charge >= 0.3 is 0 Å². The second-order valence-electron chi connectivity index (χ2n) is 7.17. The van der Waals surface area contributed by atoms with Gasteiger partial charge in [0.25, 0.3) is 5.91 Å². The van der Waals surface area contributed by atoms with Gasteiger partial charge in [-0.05, 0) is 45.7 Å². The van der Waals surface area contributed by atoms with E-state index in [2.05, 4.69) is 32.3 Å². The van der Waals surface area contributed by atoms with Gasteiger partial charge in [0.05, 0.1) is 5.70 Å². The Bertz CT molecular complexity index is 999. The molecule has 2 amide bonds. The summed E-state index contributed by atoms with van der Waals surface area (Å²) in [7, 11) is 1.74. The van der Waals surface area contributed by atoms with E-state index in [1.165, 1.54) is 11.3 Å². The number of aliphatic imine (C=N–C) groups is 1. The molecule has 0 radical (unpaired) electrons. The number of allylic oxidation sites excluding steroid dienone is 2. The third-order valence-electron chi connectivity index (χ3n) is 5.42. The molecule has 2 aromatic rings. The number of likely N-dealkylation sites (tertiary alicyclic amines) is 1. The Morgan fingerprint density at radius 1 is 1.42 bits per heavy atom. The molecule has 3 heterocycles. The fourth-order valence-electron chi connectivity index (χ4n) is 3.57. The number of piperidine rings is 1. The van der Waals surface area contributed by atoms with Crippen LogP contribution in [0.1, 0.15) is 30.3 Å². The normalized spacial score (nSPS) is 16.8. The molecule has 1 aliphatic heterocycles. The first-order chi connectivity index (χ1) is 14.9. The number of likely N-dealkylation sites (N-methyl/N-ethyl adjacent to an activating group) is 1. The van der Waals surface area contributed by atoms with E-state index >= 15 is 0 Å². The maximum absolute atomic E-state index is 12.9. The number of carbonyl (C=O) groups is 2. The minimum atomic E-state index is -0.734. The molecule has 164 valence electrons. The fraction of sp³-hybridized carbons (Fsp3) is 0.333. The molecule has 0 spiro atoms. The van der Waals surface area contributed by atoms with Crippen molar-refractivity contribution in [2.45, 2.75) is 25.3 Å². The number of carbonyl (C=O) groups excluding carboxylic acids is 2. The van der Waals surface area contributed by atoms with E-state index in [0.29, 0.717) is 43.1 Å². The summed E-state index contributed by atoms with van der Waals surface area (Å²) >= 11 is 1.40. The average Bonchev–Trinajstić information content (AvgIpc) is 3.46. The topological polar surface area (TPSA) is 128 Å². The average molecular weight is 442 g/mol. The molecule has 10 heteroatoms. The van der Waals surface area contributed by atoms with Gasteiger partial charge in [0, 0.05) is 36.4 Å². The summed E-state index contributed by atoms with van der Waals surface area (Å²) in [6.45, 7) is 6.64. The maximum atomic E-state index is 12.9. The van der Waals surface area contributed by atoms with E-state index < -0.39 is 5.54 Å². The Kier molecular flexibility index (Phi) is 7.03. The molecule has 9 nitrogen and oxygen atoms in total. The zero-order valence-corrected chi connectivity index (χ0v) is 18.5. The van der Waals surface area contributed by atoms with Crippen molar-refractivity contribution in [3.63, 3.8) is 0 Å². The van der Waals surface area contributed by atoms with Gasteiger partial charge in [0.2, 0.25) is 5.91 Å². The largest absolute Gasteiger partial charge is 0.368 e. The van der Waals surface area contributed by atoms with E-state index in [0.717, 1.165) is 10.6 Å². The lowest BCUT2D eigenvalue weighted by Gasteiger charge is -2.40. The monoisotopic (exact) mass is 441 g/mol. The highest BCUT2D eigenvalue weighted by Gasteiger charge is 2.39. The van der Waals surface area contributed by atoms with Gasteiger partial charge in [-0.1, -0.05) is 6.08 Å². The van der Waals surface area contributed by atoms with E-state index in [1.807, 2.05) is 36.4 Å². The number of nitrogens with two attached hydrogens (primary N) is 1. The first-order valence-corrected chi connectivity index (χ1v) is 10.8. The van der Waals surface area contributed by atoms with E-state index in [1.54, 1.807) is 18.5 Å². The number of nitrogens with one attached hydrogen (secondary N) is 3. The van der Waals surface area contributed by atoms with Crippen LogP contribution >= 0.6 is 11.3 Å². The van der Waals surface area contributed by atoms with Crippen LogP contribution in [0, 0.1) is 0 Å².